The maximum absolute atomic E-state index is 13.4. The monoisotopic (exact) mass is 211 g/mol. The molecular weight excluding hydrogens is 200 g/mol. The molecule has 0 aromatic heterocycles. The van der Waals surface area contributed by atoms with Gasteiger partial charge in [-0.05, 0) is 12.1 Å². The van der Waals surface area contributed by atoms with Gasteiger partial charge in [0.15, 0.2) is 5.84 Å². The van der Waals surface area contributed by atoms with Crippen molar-refractivity contribution in [1.29, 1.82) is 0 Å². The highest BCUT2D eigenvalue weighted by Crippen LogP contribution is 2.16. The average Bonchev–Trinajstić information content (AvgIpc) is 2.45. The normalized spacial score (nSPS) is 15.9. The van der Waals surface area contributed by atoms with E-state index < -0.39 is 11.6 Å². The van der Waals surface area contributed by atoms with Gasteiger partial charge in [0.2, 0.25) is 0 Å². The Morgan fingerprint density at radius 2 is 2.00 bits per heavy atom. The molecule has 80 valence electrons. The Kier molecular flexibility index (Phi) is 2.30. The van der Waals surface area contributed by atoms with Crippen molar-refractivity contribution in [3.05, 3.63) is 35.4 Å². The van der Waals surface area contributed by atoms with E-state index in [9.17, 15) is 8.78 Å². The Hall–Kier alpha value is -1.65. The predicted molar refractivity (Wildman–Crippen MR) is 53.3 cm³/mol. The number of hydrogen-bond donors (Lipinski definition) is 0. The summed E-state index contributed by atoms with van der Waals surface area (Å²) in [6.45, 7) is 0.603. The molecule has 1 aliphatic rings. The lowest BCUT2D eigenvalue weighted by molar-refractivity contribution is 0.303. The number of amidine groups is 1. The van der Waals surface area contributed by atoms with Crippen LogP contribution in [-0.2, 0) is 0 Å². The SMILES string of the molecule is CN1CN(C)C(c2ccc(F)cc2F)=N1. The molecule has 1 aromatic rings. The lowest BCUT2D eigenvalue weighted by Crippen LogP contribution is -2.26. The summed E-state index contributed by atoms with van der Waals surface area (Å²) in [6.07, 6.45) is 0. The van der Waals surface area contributed by atoms with Gasteiger partial charge in [-0.25, -0.2) is 8.78 Å². The molecular formula is C10H11F2N3. The maximum Gasteiger partial charge on any atom is 0.160 e. The molecule has 1 heterocycles. The molecule has 2 rings (SSSR count). The highest BCUT2D eigenvalue weighted by atomic mass is 19.1. The highest BCUT2D eigenvalue weighted by molar-refractivity contribution is 5.99. The molecule has 1 aliphatic heterocycles. The third-order valence-electron chi connectivity index (χ3n) is 2.22. The molecule has 0 fully saturated rings. The van der Waals surface area contributed by atoms with Crippen LogP contribution >= 0.6 is 0 Å². The van der Waals surface area contributed by atoms with Gasteiger partial charge >= 0.3 is 0 Å². The van der Waals surface area contributed by atoms with Gasteiger partial charge in [0.05, 0.1) is 5.56 Å². The van der Waals surface area contributed by atoms with E-state index in [1.165, 1.54) is 12.1 Å². The average molecular weight is 211 g/mol. The Labute approximate surface area is 86.6 Å². The molecule has 0 atom stereocenters. The molecule has 5 heteroatoms. The Morgan fingerprint density at radius 1 is 1.27 bits per heavy atom. The van der Waals surface area contributed by atoms with Crippen molar-refractivity contribution in [1.82, 2.24) is 9.91 Å². The van der Waals surface area contributed by atoms with Crippen LogP contribution in [0.1, 0.15) is 5.56 Å². The van der Waals surface area contributed by atoms with Crippen LogP contribution in [0.3, 0.4) is 0 Å². The first-order valence-electron chi connectivity index (χ1n) is 4.54. The first-order valence-corrected chi connectivity index (χ1v) is 4.54. The van der Waals surface area contributed by atoms with Crippen molar-refractivity contribution < 1.29 is 8.78 Å². The van der Waals surface area contributed by atoms with E-state index >= 15 is 0 Å². The van der Waals surface area contributed by atoms with Gasteiger partial charge in [0.25, 0.3) is 0 Å². The Morgan fingerprint density at radius 3 is 2.53 bits per heavy atom. The zero-order chi connectivity index (χ0) is 11.0. The lowest BCUT2D eigenvalue weighted by Gasteiger charge is -2.13. The van der Waals surface area contributed by atoms with E-state index in [0.29, 0.717) is 18.1 Å². The fourth-order valence-corrected chi connectivity index (χ4v) is 1.57. The van der Waals surface area contributed by atoms with Crippen LogP contribution < -0.4 is 0 Å². The molecule has 0 bridgehead atoms. The summed E-state index contributed by atoms with van der Waals surface area (Å²) in [5, 5.41) is 5.84. The second-order valence-corrected chi connectivity index (χ2v) is 3.54. The molecule has 1 aromatic carbocycles. The molecule has 0 N–H and O–H groups in total. The summed E-state index contributed by atoms with van der Waals surface area (Å²) in [6, 6.07) is 3.50. The quantitative estimate of drug-likeness (QED) is 0.700. The highest BCUT2D eigenvalue weighted by Gasteiger charge is 2.21. The minimum absolute atomic E-state index is 0.322. The van der Waals surface area contributed by atoms with E-state index in [2.05, 4.69) is 5.10 Å². The van der Waals surface area contributed by atoms with Crippen LogP contribution in [0.5, 0.6) is 0 Å². The van der Waals surface area contributed by atoms with Crippen LogP contribution in [-0.4, -0.2) is 36.5 Å². The number of hydrogen-bond acceptors (Lipinski definition) is 3. The van der Waals surface area contributed by atoms with Gasteiger partial charge in [-0.2, -0.15) is 5.10 Å². The zero-order valence-corrected chi connectivity index (χ0v) is 8.54. The van der Waals surface area contributed by atoms with Crippen molar-refractivity contribution in [3.63, 3.8) is 0 Å². The fraction of sp³-hybridized carbons (Fsp3) is 0.300. The van der Waals surface area contributed by atoms with Crippen molar-refractivity contribution >= 4 is 5.84 Å². The van der Waals surface area contributed by atoms with E-state index in [1.807, 2.05) is 7.05 Å². The summed E-state index contributed by atoms with van der Waals surface area (Å²) in [4.78, 5) is 1.80. The van der Waals surface area contributed by atoms with E-state index in [-0.39, 0.29) is 0 Å². The molecule has 0 saturated carbocycles. The summed E-state index contributed by atoms with van der Waals surface area (Å²) >= 11 is 0. The first kappa shape index (κ1) is 9.89. The van der Waals surface area contributed by atoms with Crippen LogP contribution in [0.25, 0.3) is 0 Å². The van der Waals surface area contributed by atoms with Crippen molar-refractivity contribution in [2.45, 2.75) is 0 Å². The molecule has 15 heavy (non-hydrogen) atoms. The summed E-state index contributed by atoms with van der Waals surface area (Å²) in [5.41, 5.74) is 0.322. The van der Waals surface area contributed by atoms with Gasteiger partial charge in [-0.1, -0.05) is 0 Å². The van der Waals surface area contributed by atoms with Gasteiger partial charge in [-0.3, -0.25) is 5.01 Å². The van der Waals surface area contributed by atoms with E-state index in [0.717, 1.165) is 6.07 Å². The van der Waals surface area contributed by atoms with Gasteiger partial charge < -0.3 is 4.90 Å². The van der Waals surface area contributed by atoms with Gasteiger partial charge in [0, 0.05) is 20.2 Å². The second kappa shape index (κ2) is 3.49. The Bertz CT molecular complexity index is 417. The summed E-state index contributed by atoms with van der Waals surface area (Å²) in [5.74, 6) is -0.642. The molecule has 3 nitrogen and oxygen atoms in total. The lowest BCUT2D eigenvalue weighted by atomic mass is 10.2. The second-order valence-electron chi connectivity index (χ2n) is 3.54. The predicted octanol–water partition coefficient (Wildman–Crippen LogP) is 1.46. The van der Waals surface area contributed by atoms with Crippen LogP contribution in [0.15, 0.2) is 23.3 Å². The Balaban J connectivity index is 2.42. The van der Waals surface area contributed by atoms with Crippen LogP contribution in [0.2, 0.25) is 0 Å². The van der Waals surface area contributed by atoms with Crippen molar-refractivity contribution in [3.8, 4) is 0 Å². The molecule has 0 aliphatic carbocycles. The smallest absolute Gasteiger partial charge is 0.160 e. The zero-order valence-electron chi connectivity index (χ0n) is 8.54. The third-order valence-corrected chi connectivity index (χ3v) is 2.22. The minimum Gasteiger partial charge on any atom is -0.339 e. The number of rotatable bonds is 1. The van der Waals surface area contributed by atoms with Gasteiger partial charge in [0.1, 0.15) is 18.3 Å². The van der Waals surface area contributed by atoms with Crippen molar-refractivity contribution in [2.24, 2.45) is 5.10 Å². The summed E-state index contributed by atoms with van der Waals surface area (Å²) in [7, 11) is 3.61. The number of halogens is 2. The third kappa shape index (κ3) is 1.77. The minimum atomic E-state index is -0.587. The molecule has 0 saturated heterocycles. The maximum atomic E-state index is 13.4. The number of nitrogens with zero attached hydrogens (tertiary/aromatic N) is 3. The number of benzene rings is 1. The molecule has 0 unspecified atom stereocenters. The molecule has 0 amide bonds. The van der Waals surface area contributed by atoms with Crippen molar-refractivity contribution in [2.75, 3.05) is 20.8 Å². The molecule has 0 radical (unpaired) electrons. The van der Waals surface area contributed by atoms with Crippen LogP contribution in [0, 0.1) is 11.6 Å². The largest absolute Gasteiger partial charge is 0.339 e. The van der Waals surface area contributed by atoms with Gasteiger partial charge in [-0.15, -0.1) is 0 Å². The fourth-order valence-electron chi connectivity index (χ4n) is 1.57. The molecule has 0 spiro atoms. The van der Waals surface area contributed by atoms with Crippen LogP contribution in [0.4, 0.5) is 8.78 Å². The first-order chi connectivity index (χ1) is 7.08. The topological polar surface area (TPSA) is 18.8 Å². The van der Waals surface area contributed by atoms with E-state index in [1.54, 1.807) is 17.0 Å². The standard InChI is InChI=1S/C10H11F2N3/c1-14-6-15(2)13-10(14)8-4-3-7(11)5-9(8)12/h3-5H,6H2,1-2H3. The summed E-state index contributed by atoms with van der Waals surface area (Å²) < 4.78 is 26.1. The van der Waals surface area contributed by atoms with E-state index in [4.69, 9.17) is 0 Å². The number of hydrazone groups is 1.